The Morgan fingerprint density at radius 3 is 2.41 bits per heavy atom. The average molecular weight is 450 g/mol. The molecule has 3 amide bonds. The minimum Gasteiger partial charge on any atom is -0.455 e. The van der Waals surface area contributed by atoms with E-state index in [1.807, 2.05) is 18.2 Å². The van der Waals surface area contributed by atoms with Crippen molar-refractivity contribution in [2.75, 3.05) is 25.0 Å². The number of hydrogen-bond acceptors (Lipinski definition) is 5. The molecule has 0 radical (unpaired) electrons. The number of anilines is 1. The Balaban J connectivity index is 1.45. The third-order valence-electron chi connectivity index (χ3n) is 4.91. The molecule has 32 heavy (non-hydrogen) atoms. The summed E-state index contributed by atoms with van der Waals surface area (Å²) in [5.74, 6) is 0.547. The molecular weight excluding hydrogens is 430 g/mol. The van der Waals surface area contributed by atoms with E-state index in [1.54, 1.807) is 54.6 Å². The van der Waals surface area contributed by atoms with Gasteiger partial charge in [-0.05, 0) is 42.5 Å². The molecular formula is C24H20ClN3O4. The zero-order chi connectivity index (χ0) is 22.5. The van der Waals surface area contributed by atoms with Crippen molar-refractivity contribution < 1.29 is 19.1 Å². The molecule has 8 heteroatoms. The van der Waals surface area contributed by atoms with Gasteiger partial charge in [-0.25, -0.2) is 4.79 Å². The Morgan fingerprint density at radius 1 is 1.00 bits per heavy atom. The van der Waals surface area contributed by atoms with Gasteiger partial charge in [0.05, 0.1) is 12.2 Å². The summed E-state index contributed by atoms with van der Waals surface area (Å²) in [5, 5.41) is 6.05. The summed E-state index contributed by atoms with van der Waals surface area (Å²) in [6.45, 7) is 0.694. The topological polar surface area (TPSA) is 87.7 Å². The van der Waals surface area contributed by atoms with Crippen molar-refractivity contribution in [3.63, 3.8) is 0 Å². The Bertz CT molecular complexity index is 1150. The third kappa shape index (κ3) is 4.90. The molecule has 2 N–H and O–H groups in total. The second kappa shape index (κ2) is 9.53. The summed E-state index contributed by atoms with van der Waals surface area (Å²) < 4.78 is 5.95. The van der Waals surface area contributed by atoms with Gasteiger partial charge in [0.2, 0.25) is 5.91 Å². The van der Waals surface area contributed by atoms with Gasteiger partial charge < -0.3 is 15.4 Å². The van der Waals surface area contributed by atoms with Crippen LogP contribution >= 0.6 is 11.6 Å². The lowest BCUT2D eigenvalue weighted by molar-refractivity contribution is -0.125. The first kappa shape index (κ1) is 21.4. The van der Waals surface area contributed by atoms with Crippen LogP contribution in [0, 0.1) is 0 Å². The molecule has 3 aromatic rings. The number of carbonyl (C=O) groups is 3. The molecule has 0 spiro atoms. The van der Waals surface area contributed by atoms with E-state index < -0.39 is 6.03 Å². The first-order valence-electron chi connectivity index (χ1n) is 10.0. The van der Waals surface area contributed by atoms with Gasteiger partial charge in [0.25, 0.3) is 0 Å². The van der Waals surface area contributed by atoms with Crippen molar-refractivity contribution in [2.24, 2.45) is 0 Å². The highest BCUT2D eigenvalue weighted by molar-refractivity contribution is 6.31. The molecule has 1 saturated heterocycles. The molecule has 0 aliphatic carbocycles. The molecule has 1 aliphatic rings. The Kier molecular flexibility index (Phi) is 6.37. The molecule has 1 heterocycles. The molecule has 0 aromatic heterocycles. The zero-order valence-electron chi connectivity index (χ0n) is 17.0. The molecule has 1 aliphatic heterocycles. The summed E-state index contributed by atoms with van der Waals surface area (Å²) in [7, 11) is 0. The van der Waals surface area contributed by atoms with E-state index in [0.29, 0.717) is 46.4 Å². The number of rotatable bonds is 7. The number of halogens is 1. The van der Waals surface area contributed by atoms with Crippen LogP contribution in [0.2, 0.25) is 5.02 Å². The second-order valence-electron chi connectivity index (χ2n) is 7.09. The number of nitrogens with zero attached hydrogens (tertiary/aromatic N) is 1. The van der Waals surface area contributed by atoms with E-state index in [-0.39, 0.29) is 18.2 Å². The number of imide groups is 1. The number of carbonyl (C=O) groups excluding carboxylic acids is 3. The molecule has 0 saturated carbocycles. The maximum Gasteiger partial charge on any atom is 0.324 e. The summed E-state index contributed by atoms with van der Waals surface area (Å²) >= 11 is 6.11. The fraction of sp³-hybridized carbons (Fsp3) is 0.125. The van der Waals surface area contributed by atoms with Crippen LogP contribution in [-0.4, -0.2) is 42.3 Å². The summed E-state index contributed by atoms with van der Waals surface area (Å²) in [6, 6.07) is 20.4. The quantitative estimate of drug-likeness (QED) is 0.524. The number of ether oxygens (including phenoxy) is 1. The number of benzene rings is 3. The molecule has 4 rings (SSSR count). The minimum atomic E-state index is -0.399. The van der Waals surface area contributed by atoms with E-state index in [0.717, 1.165) is 4.90 Å². The van der Waals surface area contributed by atoms with Crippen molar-refractivity contribution in [1.82, 2.24) is 10.2 Å². The van der Waals surface area contributed by atoms with Crippen LogP contribution in [0.3, 0.4) is 0 Å². The first-order chi connectivity index (χ1) is 15.5. The van der Waals surface area contributed by atoms with Crippen molar-refractivity contribution in [1.29, 1.82) is 0 Å². The highest BCUT2D eigenvalue weighted by Gasteiger charge is 2.25. The Labute approximate surface area is 189 Å². The van der Waals surface area contributed by atoms with Gasteiger partial charge in [-0.2, -0.15) is 0 Å². The summed E-state index contributed by atoms with van der Waals surface area (Å²) in [4.78, 5) is 37.7. The number of ketones is 1. The van der Waals surface area contributed by atoms with Crippen LogP contribution < -0.4 is 15.4 Å². The fourth-order valence-electron chi connectivity index (χ4n) is 3.26. The van der Waals surface area contributed by atoms with Gasteiger partial charge >= 0.3 is 6.03 Å². The van der Waals surface area contributed by atoms with Gasteiger partial charge in [0.1, 0.15) is 5.75 Å². The largest absolute Gasteiger partial charge is 0.455 e. The predicted octanol–water partition coefficient (Wildman–Crippen LogP) is 4.33. The zero-order valence-corrected chi connectivity index (χ0v) is 17.8. The van der Waals surface area contributed by atoms with Gasteiger partial charge in [-0.3, -0.25) is 14.5 Å². The number of nitrogens with one attached hydrogen (secondary N) is 2. The SMILES string of the molecule is O=C(c1ccccc1)c1ccc(Oc2ccc(Cl)cc2NCC(=O)N2CCNC2=O)cc1. The third-order valence-corrected chi connectivity index (χ3v) is 5.14. The smallest absolute Gasteiger partial charge is 0.324 e. The standard InChI is InChI=1S/C24H20ClN3O4/c25-18-8-11-21(20(14-18)27-15-22(29)28-13-12-26-24(28)31)32-19-9-6-17(7-10-19)23(30)16-4-2-1-3-5-16/h1-11,14,27H,12-13,15H2,(H,26,31). The van der Waals surface area contributed by atoms with E-state index in [4.69, 9.17) is 16.3 Å². The summed E-state index contributed by atoms with van der Waals surface area (Å²) in [5.41, 5.74) is 1.67. The van der Waals surface area contributed by atoms with E-state index in [1.165, 1.54) is 0 Å². The fourth-order valence-corrected chi connectivity index (χ4v) is 3.43. The highest BCUT2D eigenvalue weighted by Crippen LogP contribution is 2.32. The Hall–Kier alpha value is -3.84. The molecule has 162 valence electrons. The van der Waals surface area contributed by atoms with Crippen LogP contribution in [-0.2, 0) is 4.79 Å². The maximum atomic E-state index is 12.6. The maximum absolute atomic E-state index is 12.6. The van der Waals surface area contributed by atoms with Crippen LogP contribution in [0.5, 0.6) is 11.5 Å². The van der Waals surface area contributed by atoms with Gasteiger partial charge in [-0.15, -0.1) is 0 Å². The van der Waals surface area contributed by atoms with Crippen LogP contribution in [0.15, 0.2) is 72.8 Å². The highest BCUT2D eigenvalue weighted by atomic mass is 35.5. The molecule has 7 nitrogen and oxygen atoms in total. The van der Waals surface area contributed by atoms with Crippen LogP contribution in [0.4, 0.5) is 10.5 Å². The molecule has 0 atom stereocenters. The first-order valence-corrected chi connectivity index (χ1v) is 10.4. The molecule has 0 bridgehead atoms. The van der Waals surface area contributed by atoms with Crippen LogP contribution in [0.25, 0.3) is 0 Å². The molecule has 3 aromatic carbocycles. The van der Waals surface area contributed by atoms with Gasteiger partial charge in [0, 0.05) is 29.2 Å². The minimum absolute atomic E-state index is 0.0736. The second-order valence-corrected chi connectivity index (χ2v) is 7.53. The molecule has 1 fully saturated rings. The van der Waals surface area contributed by atoms with Gasteiger partial charge in [-0.1, -0.05) is 41.9 Å². The normalized spacial score (nSPS) is 12.9. The van der Waals surface area contributed by atoms with E-state index in [2.05, 4.69) is 10.6 Å². The average Bonchev–Trinajstić information content (AvgIpc) is 3.25. The summed E-state index contributed by atoms with van der Waals surface area (Å²) in [6.07, 6.45) is 0. The Morgan fingerprint density at radius 2 is 1.72 bits per heavy atom. The lowest BCUT2D eigenvalue weighted by atomic mass is 10.0. The number of amides is 3. The van der Waals surface area contributed by atoms with E-state index >= 15 is 0 Å². The lowest BCUT2D eigenvalue weighted by Crippen LogP contribution is -2.38. The number of urea groups is 1. The van der Waals surface area contributed by atoms with Crippen molar-refractivity contribution in [2.45, 2.75) is 0 Å². The number of hydrogen-bond donors (Lipinski definition) is 2. The monoisotopic (exact) mass is 449 g/mol. The van der Waals surface area contributed by atoms with Crippen LogP contribution in [0.1, 0.15) is 15.9 Å². The van der Waals surface area contributed by atoms with Crippen molar-refractivity contribution in [3.8, 4) is 11.5 Å². The van der Waals surface area contributed by atoms with Crippen molar-refractivity contribution >= 4 is 35.0 Å². The lowest BCUT2D eigenvalue weighted by Gasteiger charge is -2.16. The molecule has 0 unspecified atom stereocenters. The van der Waals surface area contributed by atoms with E-state index in [9.17, 15) is 14.4 Å². The van der Waals surface area contributed by atoms with Crippen molar-refractivity contribution in [3.05, 3.63) is 88.9 Å². The van der Waals surface area contributed by atoms with Gasteiger partial charge in [0.15, 0.2) is 11.5 Å². The predicted molar refractivity (Wildman–Crippen MR) is 121 cm³/mol.